The zero-order valence-corrected chi connectivity index (χ0v) is 8.51. The van der Waals surface area contributed by atoms with E-state index in [0.717, 1.165) is 0 Å². The second kappa shape index (κ2) is 8.32. The lowest BCUT2D eigenvalue weighted by Gasteiger charge is -1.93. The van der Waals surface area contributed by atoms with Crippen molar-refractivity contribution in [1.82, 2.24) is 0 Å². The monoisotopic (exact) mass is 166 g/mol. The van der Waals surface area contributed by atoms with Crippen molar-refractivity contribution in [3.05, 3.63) is 35.9 Å². The summed E-state index contributed by atoms with van der Waals surface area (Å²) in [5, 5.41) is 0. The van der Waals surface area contributed by atoms with Gasteiger partial charge in [0.25, 0.3) is 0 Å². The molecule has 0 aliphatic rings. The van der Waals surface area contributed by atoms with Gasteiger partial charge in [0.15, 0.2) is 0 Å². The normalized spacial score (nSPS) is 8.58. The lowest BCUT2D eigenvalue weighted by molar-refractivity contribution is 0.922. The molecule has 12 heavy (non-hydrogen) atoms. The van der Waals surface area contributed by atoms with E-state index in [9.17, 15) is 0 Å². The highest BCUT2D eigenvalue weighted by Gasteiger charge is 1.84. The Morgan fingerprint density at radius 1 is 1.00 bits per heavy atom. The second-order valence-corrected chi connectivity index (χ2v) is 2.94. The minimum atomic E-state index is 0. The van der Waals surface area contributed by atoms with Gasteiger partial charge in [0.2, 0.25) is 0 Å². The molecular formula is C12H22. The predicted octanol–water partition coefficient (Wildman–Crippen LogP) is 4.30. The zero-order chi connectivity index (χ0) is 9.23. The Hall–Kier alpha value is -0.780. The van der Waals surface area contributed by atoms with E-state index in [1.54, 1.807) is 0 Å². The first-order valence-corrected chi connectivity index (χ1v) is 4.89. The lowest BCUT2D eigenvalue weighted by atomic mass is 10.1. The van der Waals surface area contributed by atoms with Crippen LogP contribution in [-0.2, 0) is 6.42 Å². The third kappa shape index (κ3) is 5.96. The van der Waals surface area contributed by atoms with Gasteiger partial charge < -0.3 is 0 Å². The molecule has 1 rings (SSSR count). The molecule has 0 heterocycles. The van der Waals surface area contributed by atoms with Crippen LogP contribution in [0.1, 0.15) is 40.6 Å². The summed E-state index contributed by atoms with van der Waals surface area (Å²) in [7, 11) is 0. The average Bonchev–Trinajstić information content (AvgIpc) is 2.08. The Labute approximate surface area is 78.1 Å². The molecule has 0 N–H and O–H groups in total. The lowest BCUT2D eigenvalue weighted by Crippen LogP contribution is -1.78. The van der Waals surface area contributed by atoms with Crippen molar-refractivity contribution in [3.63, 3.8) is 0 Å². The van der Waals surface area contributed by atoms with Crippen molar-refractivity contribution in [2.75, 3.05) is 0 Å². The third-order valence-corrected chi connectivity index (χ3v) is 1.38. The molecule has 0 atom stereocenters. The first-order chi connectivity index (χ1) is 5.85. The molecule has 0 aromatic heterocycles. The summed E-state index contributed by atoms with van der Waals surface area (Å²) in [6, 6.07) is 10.6. The van der Waals surface area contributed by atoms with Gasteiger partial charge in [-0.1, -0.05) is 63.9 Å². The van der Waals surface area contributed by atoms with Crippen molar-refractivity contribution in [2.45, 2.75) is 40.0 Å². The highest BCUT2D eigenvalue weighted by atomic mass is 13.9. The van der Waals surface area contributed by atoms with Crippen LogP contribution in [0.2, 0.25) is 0 Å². The molecule has 0 amide bonds. The summed E-state index contributed by atoms with van der Waals surface area (Å²) in [5.41, 5.74) is 1.44. The second-order valence-electron chi connectivity index (χ2n) is 2.94. The molecule has 0 aliphatic heterocycles. The molecule has 0 radical (unpaired) electrons. The van der Waals surface area contributed by atoms with Crippen LogP contribution in [0.3, 0.4) is 0 Å². The van der Waals surface area contributed by atoms with Crippen LogP contribution >= 0.6 is 0 Å². The average molecular weight is 166 g/mol. The van der Waals surface area contributed by atoms with Crippen molar-refractivity contribution in [2.24, 2.45) is 0 Å². The number of hydrogen-bond donors (Lipinski definition) is 0. The highest BCUT2D eigenvalue weighted by Crippen LogP contribution is 2.00. The fourth-order valence-corrected chi connectivity index (χ4v) is 0.933. The molecule has 0 nitrogen and oxygen atoms in total. The molecule has 0 aliphatic carbocycles. The SMILES string of the molecule is CCC.CCCc1ccccc1.[HH]. The summed E-state index contributed by atoms with van der Waals surface area (Å²) in [5.74, 6) is 0. The molecule has 0 bridgehead atoms. The van der Waals surface area contributed by atoms with E-state index >= 15 is 0 Å². The fraction of sp³-hybridized carbons (Fsp3) is 0.500. The fourth-order valence-electron chi connectivity index (χ4n) is 0.933. The van der Waals surface area contributed by atoms with Crippen LogP contribution in [0, 0.1) is 0 Å². The quantitative estimate of drug-likeness (QED) is 0.614. The van der Waals surface area contributed by atoms with Crippen LogP contribution in [0.5, 0.6) is 0 Å². The van der Waals surface area contributed by atoms with Crippen molar-refractivity contribution >= 4 is 0 Å². The zero-order valence-electron chi connectivity index (χ0n) is 8.51. The Kier molecular flexibility index (Phi) is 7.78. The summed E-state index contributed by atoms with van der Waals surface area (Å²) >= 11 is 0. The third-order valence-electron chi connectivity index (χ3n) is 1.38. The van der Waals surface area contributed by atoms with E-state index in [-0.39, 0.29) is 1.43 Å². The largest absolute Gasteiger partial charge is 0.0656 e. The van der Waals surface area contributed by atoms with Gasteiger partial charge in [0.05, 0.1) is 0 Å². The van der Waals surface area contributed by atoms with Gasteiger partial charge in [-0.25, -0.2) is 0 Å². The van der Waals surface area contributed by atoms with Crippen LogP contribution < -0.4 is 0 Å². The summed E-state index contributed by atoms with van der Waals surface area (Å²) in [4.78, 5) is 0. The van der Waals surface area contributed by atoms with E-state index in [1.807, 2.05) is 0 Å². The molecule has 0 heteroatoms. The molecule has 0 fully saturated rings. The Bertz CT molecular complexity index is 170. The number of rotatable bonds is 2. The van der Waals surface area contributed by atoms with Crippen molar-refractivity contribution < 1.29 is 1.43 Å². The molecular weight excluding hydrogens is 144 g/mol. The van der Waals surface area contributed by atoms with Crippen LogP contribution in [-0.4, -0.2) is 0 Å². The van der Waals surface area contributed by atoms with Gasteiger partial charge in [-0.3, -0.25) is 0 Å². The van der Waals surface area contributed by atoms with Crippen LogP contribution in [0.25, 0.3) is 0 Å². The van der Waals surface area contributed by atoms with Gasteiger partial charge in [-0.2, -0.15) is 0 Å². The molecule has 1 aromatic carbocycles. The van der Waals surface area contributed by atoms with E-state index < -0.39 is 0 Å². The van der Waals surface area contributed by atoms with Gasteiger partial charge in [-0.15, -0.1) is 0 Å². The Balaban J connectivity index is 0. The van der Waals surface area contributed by atoms with Crippen molar-refractivity contribution in [3.8, 4) is 0 Å². The predicted molar refractivity (Wildman–Crippen MR) is 58.5 cm³/mol. The summed E-state index contributed by atoms with van der Waals surface area (Å²) in [6.07, 6.45) is 3.70. The Morgan fingerprint density at radius 3 is 1.92 bits per heavy atom. The molecule has 0 spiro atoms. The Morgan fingerprint density at radius 2 is 1.50 bits per heavy atom. The van der Waals surface area contributed by atoms with E-state index in [1.165, 1.54) is 24.8 Å². The van der Waals surface area contributed by atoms with E-state index in [4.69, 9.17) is 0 Å². The van der Waals surface area contributed by atoms with Gasteiger partial charge in [0.1, 0.15) is 0 Å². The maximum absolute atomic E-state index is 2.20. The topological polar surface area (TPSA) is 0 Å². The molecule has 1 aromatic rings. The number of hydrogen-bond acceptors (Lipinski definition) is 0. The highest BCUT2D eigenvalue weighted by molar-refractivity contribution is 5.14. The molecule has 70 valence electrons. The molecule has 0 saturated carbocycles. The number of benzene rings is 1. The minimum absolute atomic E-state index is 0. The first-order valence-electron chi connectivity index (χ1n) is 4.89. The van der Waals surface area contributed by atoms with E-state index in [2.05, 4.69) is 51.1 Å². The van der Waals surface area contributed by atoms with Gasteiger partial charge >= 0.3 is 0 Å². The van der Waals surface area contributed by atoms with E-state index in [0.29, 0.717) is 0 Å². The van der Waals surface area contributed by atoms with Crippen molar-refractivity contribution in [1.29, 1.82) is 0 Å². The molecule has 0 saturated heterocycles. The maximum atomic E-state index is 2.20. The van der Waals surface area contributed by atoms with Gasteiger partial charge in [0, 0.05) is 1.43 Å². The number of aryl methyl sites for hydroxylation is 1. The first kappa shape index (κ1) is 11.2. The van der Waals surface area contributed by atoms with Gasteiger partial charge in [-0.05, 0) is 12.0 Å². The minimum Gasteiger partial charge on any atom is -0.0656 e. The molecule has 0 unspecified atom stereocenters. The standard InChI is InChI=1S/C9H12.C3H8.H2/c1-2-6-9-7-4-3-5-8-9;1-3-2;/h3-5,7-8H,2,6H2,1H3;3H2,1-2H3;1H. The summed E-state index contributed by atoms with van der Waals surface area (Å²) < 4.78 is 0. The maximum Gasteiger partial charge on any atom is 0 e. The van der Waals surface area contributed by atoms with Crippen LogP contribution in [0.15, 0.2) is 30.3 Å². The smallest absolute Gasteiger partial charge is 0 e. The summed E-state index contributed by atoms with van der Waals surface area (Å²) in [6.45, 7) is 6.45. The van der Waals surface area contributed by atoms with Crippen LogP contribution in [0.4, 0.5) is 0 Å².